The second kappa shape index (κ2) is 63.9. The summed E-state index contributed by atoms with van der Waals surface area (Å²) in [5.41, 5.74) is 0. The molecule has 2 N–H and O–H groups in total. The minimum absolute atomic E-state index is 0.161. The van der Waals surface area contributed by atoms with Gasteiger partial charge >= 0.3 is 25.7 Å². The van der Waals surface area contributed by atoms with Crippen molar-refractivity contribution in [2.24, 2.45) is 0 Å². The van der Waals surface area contributed by atoms with Gasteiger partial charge in [0.1, 0.15) is 12.7 Å². The Kier molecular flexibility index (Phi) is 61.5. The van der Waals surface area contributed by atoms with Crippen LogP contribution in [0.2, 0.25) is 0 Å². The van der Waals surface area contributed by atoms with E-state index in [0.29, 0.717) is 19.3 Å². The van der Waals surface area contributed by atoms with E-state index in [4.69, 9.17) is 23.3 Å². The zero-order chi connectivity index (χ0) is 59.8. The van der Waals surface area contributed by atoms with Gasteiger partial charge in [-0.2, -0.15) is 0 Å². The second-order valence-corrected chi connectivity index (χ2v) is 24.1. The molecule has 0 saturated carbocycles. The number of carbonyl (C=O) groups is 3. The fraction of sp³-hybridized carbons (Fsp3) is 0.786. The van der Waals surface area contributed by atoms with Gasteiger partial charge in [-0.25, -0.2) is 4.57 Å². The van der Waals surface area contributed by atoms with Gasteiger partial charge in [-0.05, 0) is 109 Å². The lowest BCUT2D eigenvalue weighted by Gasteiger charge is -2.21. The number of phosphoric ester groups is 1. The van der Waals surface area contributed by atoms with Gasteiger partial charge in [-0.3, -0.25) is 23.4 Å². The summed E-state index contributed by atoms with van der Waals surface area (Å²) in [6.45, 7) is 4.56. The molecule has 0 bridgehead atoms. The zero-order valence-corrected chi connectivity index (χ0v) is 53.8. The predicted octanol–water partition coefficient (Wildman–Crippen LogP) is 20.8. The summed E-state index contributed by atoms with van der Waals surface area (Å²) >= 11 is 0. The highest BCUT2D eigenvalue weighted by Gasteiger charge is 2.28. The number of ether oxygens (including phenoxy) is 3. The van der Waals surface area contributed by atoms with E-state index in [0.717, 1.165) is 109 Å². The van der Waals surface area contributed by atoms with Crippen LogP contribution in [0.4, 0.5) is 0 Å². The van der Waals surface area contributed by atoms with Crippen molar-refractivity contribution in [3.8, 4) is 0 Å². The van der Waals surface area contributed by atoms with Crippen molar-refractivity contribution < 1.29 is 52.2 Å². The maximum Gasteiger partial charge on any atom is 0.472 e. The van der Waals surface area contributed by atoms with Gasteiger partial charge in [0.15, 0.2) is 6.10 Å². The Morgan fingerprint density at radius 2 is 0.634 bits per heavy atom. The van der Waals surface area contributed by atoms with E-state index in [1.807, 2.05) is 0 Å². The lowest BCUT2D eigenvalue weighted by molar-refractivity contribution is -0.161. The molecule has 0 heterocycles. The van der Waals surface area contributed by atoms with E-state index >= 15 is 0 Å². The van der Waals surface area contributed by atoms with Crippen LogP contribution in [-0.4, -0.2) is 66.5 Å². The highest BCUT2D eigenvalue weighted by atomic mass is 31.2. The number of carbonyl (C=O) groups excluding carboxylic acids is 3. The van der Waals surface area contributed by atoms with Crippen LogP contribution in [0.25, 0.3) is 0 Å². The third kappa shape index (κ3) is 61.5. The van der Waals surface area contributed by atoms with Crippen molar-refractivity contribution >= 4 is 25.7 Å². The Bertz CT molecular complexity index is 1650. The molecular weight excluding hydrogens is 1050 g/mol. The van der Waals surface area contributed by atoms with Crippen LogP contribution in [-0.2, 0) is 42.2 Å². The average Bonchev–Trinajstić information content (AvgIpc) is 3.47. The molecule has 0 fully saturated rings. The summed E-state index contributed by atoms with van der Waals surface area (Å²) in [6.07, 6.45) is 74.2. The maximum atomic E-state index is 13.0. The number of allylic oxidation sites excluding steroid dienone is 12. The molecule has 0 aromatic rings. The van der Waals surface area contributed by atoms with Crippen molar-refractivity contribution in [2.45, 2.75) is 328 Å². The minimum Gasteiger partial charge on any atom is -0.462 e. The van der Waals surface area contributed by atoms with Crippen molar-refractivity contribution in [2.75, 3.05) is 26.4 Å². The van der Waals surface area contributed by atoms with Gasteiger partial charge in [0.2, 0.25) is 0 Å². The van der Waals surface area contributed by atoms with Gasteiger partial charge < -0.3 is 24.2 Å². The molecule has 11 nitrogen and oxygen atoms in total. The Hall–Kier alpha value is -3.08. The number of unbranched alkanes of at least 4 members (excludes halogenated alkanes) is 34. The maximum absolute atomic E-state index is 13.0. The molecule has 0 aliphatic heterocycles. The summed E-state index contributed by atoms with van der Waals surface area (Å²) in [6, 6.07) is 0. The summed E-state index contributed by atoms with van der Waals surface area (Å²) in [7, 11) is -4.76. The standard InChI is InChI=1S/C70H125O11P/c1-4-7-10-13-16-19-22-25-28-31-33-36-38-41-44-47-50-53-56-59-68(72)77-63-67(81-70(74)61-58-55-52-49-46-43-40-37-34-32-29-26-23-20-17-14-11-8-5-2)65-79-82(75,76)78-64-66(62-71)80-69(73)60-57-54-51-48-45-42-39-35-30-27-24-21-18-15-12-9-6-3/h7,10,16,19,25-30,33,36,66-67,71H,4-6,8-9,11-15,17-18,20-24,31-32,34-35,37-65H2,1-3H3,(H,75,76)/b10-7-,19-16-,28-25-,29-26-,30-27-,36-33-. The molecule has 0 aliphatic rings. The van der Waals surface area contributed by atoms with Crippen LogP contribution in [0, 0.1) is 0 Å². The predicted molar refractivity (Wildman–Crippen MR) is 344 cm³/mol. The molecule has 0 amide bonds. The monoisotopic (exact) mass is 1170 g/mol. The average molecular weight is 1170 g/mol. The molecule has 0 aliphatic carbocycles. The fourth-order valence-electron chi connectivity index (χ4n) is 9.46. The van der Waals surface area contributed by atoms with Crippen LogP contribution in [0.3, 0.4) is 0 Å². The molecule has 3 unspecified atom stereocenters. The molecular formula is C70H125O11P. The normalized spacial score (nSPS) is 13.7. The molecule has 0 rings (SSSR count). The first kappa shape index (κ1) is 78.9. The Morgan fingerprint density at radius 3 is 0.988 bits per heavy atom. The molecule has 476 valence electrons. The van der Waals surface area contributed by atoms with Crippen molar-refractivity contribution in [1.82, 2.24) is 0 Å². The molecule has 0 radical (unpaired) electrons. The number of hydrogen-bond donors (Lipinski definition) is 2. The van der Waals surface area contributed by atoms with Gasteiger partial charge in [0, 0.05) is 19.3 Å². The molecule has 12 heteroatoms. The van der Waals surface area contributed by atoms with Gasteiger partial charge in [0.25, 0.3) is 0 Å². The largest absolute Gasteiger partial charge is 0.472 e. The van der Waals surface area contributed by atoms with Gasteiger partial charge in [-0.15, -0.1) is 0 Å². The zero-order valence-electron chi connectivity index (χ0n) is 53.0. The number of aliphatic hydroxyl groups is 1. The van der Waals surface area contributed by atoms with E-state index in [1.54, 1.807) is 0 Å². The first-order valence-electron chi connectivity index (χ1n) is 33.8. The summed E-state index contributed by atoms with van der Waals surface area (Å²) in [5, 5.41) is 9.87. The van der Waals surface area contributed by atoms with Crippen molar-refractivity contribution in [3.05, 3.63) is 72.9 Å². The van der Waals surface area contributed by atoms with E-state index in [1.165, 1.54) is 148 Å². The molecule has 3 atom stereocenters. The Balaban J connectivity index is 4.71. The number of hydrogen-bond acceptors (Lipinski definition) is 10. The molecule has 0 spiro atoms. The Labute approximate surface area is 503 Å². The highest BCUT2D eigenvalue weighted by Crippen LogP contribution is 2.43. The Morgan fingerprint density at radius 1 is 0.354 bits per heavy atom. The van der Waals surface area contributed by atoms with Crippen LogP contribution < -0.4 is 0 Å². The van der Waals surface area contributed by atoms with E-state index in [2.05, 4.69) is 93.7 Å². The summed E-state index contributed by atoms with van der Waals surface area (Å²) < 4.78 is 39.8. The van der Waals surface area contributed by atoms with E-state index in [9.17, 15) is 28.9 Å². The second-order valence-electron chi connectivity index (χ2n) is 22.6. The SMILES string of the molecule is CC/C=C\C/C=C\C/C=C\C/C=C\CCCCCCCCC(=O)OCC(COP(=O)(O)OCC(CO)OC(=O)CCCCCCCCC/C=C\CCCCCCCC)OC(=O)CCCCCCCCCCC/C=C\CCCCCCCC. The van der Waals surface area contributed by atoms with Crippen molar-refractivity contribution in [3.63, 3.8) is 0 Å². The molecule has 0 aromatic heterocycles. The summed E-state index contributed by atoms with van der Waals surface area (Å²) in [5.74, 6) is -1.47. The quantitative estimate of drug-likeness (QED) is 0.0197. The van der Waals surface area contributed by atoms with Crippen LogP contribution >= 0.6 is 7.82 Å². The lowest BCUT2D eigenvalue weighted by atomic mass is 10.1. The molecule has 0 aromatic carbocycles. The van der Waals surface area contributed by atoms with Crippen LogP contribution in [0.5, 0.6) is 0 Å². The van der Waals surface area contributed by atoms with E-state index < -0.39 is 57.8 Å². The minimum atomic E-state index is -4.76. The van der Waals surface area contributed by atoms with Crippen molar-refractivity contribution in [1.29, 1.82) is 0 Å². The third-order valence-corrected chi connectivity index (χ3v) is 15.5. The van der Waals surface area contributed by atoms with Gasteiger partial charge in [-0.1, -0.05) is 261 Å². The molecule has 0 saturated heterocycles. The van der Waals surface area contributed by atoms with E-state index in [-0.39, 0.29) is 25.9 Å². The smallest absolute Gasteiger partial charge is 0.462 e. The summed E-state index contributed by atoms with van der Waals surface area (Å²) in [4.78, 5) is 48.9. The third-order valence-electron chi connectivity index (χ3n) is 14.6. The lowest BCUT2D eigenvalue weighted by Crippen LogP contribution is -2.30. The number of esters is 3. The number of phosphoric acid groups is 1. The van der Waals surface area contributed by atoms with Crippen LogP contribution in [0.1, 0.15) is 316 Å². The number of rotatable bonds is 63. The highest BCUT2D eigenvalue weighted by molar-refractivity contribution is 7.47. The van der Waals surface area contributed by atoms with Crippen LogP contribution in [0.15, 0.2) is 72.9 Å². The van der Waals surface area contributed by atoms with Gasteiger partial charge in [0.05, 0.1) is 19.8 Å². The molecule has 82 heavy (non-hydrogen) atoms. The topological polar surface area (TPSA) is 155 Å². The first-order valence-corrected chi connectivity index (χ1v) is 35.3. The first-order chi connectivity index (χ1) is 40.2. The number of aliphatic hydroxyl groups excluding tert-OH is 1. The fourth-order valence-corrected chi connectivity index (χ4v) is 10.2.